The van der Waals surface area contributed by atoms with Gasteiger partial charge in [0.2, 0.25) is 0 Å². The highest BCUT2D eigenvalue weighted by Gasteiger charge is 2.18. The summed E-state index contributed by atoms with van der Waals surface area (Å²) in [4.78, 5) is 20.1. The third-order valence-corrected chi connectivity index (χ3v) is 2.41. The monoisotopic (exact) mass is 275 g/mol. The zero-order valence-corrected chi connectivity index (χ0v) is 11.9. The van der Waals surface area contributed by atoms with Gasteiger partial charge in [-0.15, -0.1) is 0 Å². The van der Waals surface area contributed by atoms with E-state index in [1.807, 2.05) is 13.0 Å². The average Bonchev–Trinajstić information content (AvgIpc) is 2.28. The van der Waals surface area contributed by atoms with E-state index in [0.29, 0.717) is 11.0 Å². The summed E-state index contributed by atoms with van der Waals surface area (Å²) in [7, 11) is 0. The zero-order chi connectivity index (χ0) is 14.9. The van der Waals surface area contributed by atoms with E-state index in [1.54, 1.807) is 26.8 Å². The van der Waals surface area contributed by atoms with E-state index in [9.17, 15) is 9.90 Å². The lowest BCUT2D eigenvalue weighted by atomic mass is 10.2. The highest BCUT2D eigenvalue weighted by atomic mass is 16.6. The topological polar surface area (TPSA) is 84.3 Å². The Kier molecular flexibility index (Phi) is 3.48. The second kappa shape index (κ2) is 4.96. The van der Waals surface area contributed by atoms with Gasteiger partial charge in [-0.1, -0.05) is 0 Å². The molecule has 0 aliphatic rings. The molecule has 0 unspecified atom stereocenters. The highest BCUT2D eigenvalue weighted by Crippen LogP contribution is 2.25. The van der Waals surface area contributed by atoms with Crippen LogP contribution in [0.2, 0.25) is 0 Å². The van der Waals surface area contributed by atoms with Gasteiger partial charge in [-0.25, -0.2) is 9.78 Å². The Morgan fingerprint density at radius 1 is 1.25 bits per heavy atom. The Balaban J connectivity index is 2.29. The summed E-state index contributed by atoms with van der Waals surface area (Å²) in [5.41, 5.74) is 1.36. The maximum Gasteiger partial charge on any atom is 0.413 e. The van der Waals surface area contributed by atoms with Crippen LogP contribution in [0.4, 0.5) is 10.6 Å². The summed E-state index contributed by atoms with van der Waals surface area (Å²) in [6, 6.07) is 5.04. The molecule has 1 amide bonds. The predicted octanol–water partition coefficient (Wildman–Crippen LogP) is 2.99. The Morgan fingerprint density at radius 2 is 1.95 bits per heavy atom. The number of hydrogen-bond acceptors (Lipinski definition) is 5. The molecule has 106 valence electrons. The molecular formula is C14H17N3O3. The zero-order valence-electron chi connectivity index (χ0n) is 11.9. The summed E-state index contributed by atoms with van der Waals surface area (Å²) in [5, 5.41) is 12.3. The van der Waals surface area contributed by atoms with Crippen LogP contribution >= 0.6 is 0 Å². The number of amides is 1. The van der Waals surface area contributed by atoms with Crippen molar-refractivity contribution in [3.63, 3.8) is 0 Å². The van der Waals surface area contributed by atoms with Crippen LogP contribution in [0.15, 0.2) is 18.2 Å². The Morgan fingerprint density at radius 3 is 2.60 bits per heavy atom. The Labute approximate surface area is 116 Å². The van der Waals surface area contributed by atoms with Gasteiger partial charge in [-0.05, 0) is 39.8 Å². The quantitative estimate of drug-likeness (QED) is 0.835. The number of aromatic nitrogens is 2. The minimum atomic E-state index is -0.667. The lowest BCUT2D eigenvalue weighted by Gasteiger charge is -2.19. The maximum absolute atomic E-state index is 11.7. The Bertz CT molecular complexity index is 662. The molecule has 2 aromatic heterocycles. The number of nitrogens with zero attached hydrogens (tertiary/aromatic N) is 2. The molecule has 0 fully saturated rings. The summed E-state index contributed by atoms with van der Waals surface area (Å²) < 4.78 is 5.11. The molecular weight excluding hydrogens is 258 g/mol. The van der Waals surface area contributed by atoms with Crippen LogP contribution in [-0.2, 0) is 4.74 Å². The van der Waals surface area contributed by atoms with E-state index in [-0.39, 0.29) is 11.6 Å². The van der Waals surface area contributed by atoms with Gasteiger partial charge in [0.1, 0.15) is 5.60 Å². The fourth-order valence-electron chi connectivity index (χ4n) is 1.64. The molecule has 6 heteroatoms. The molecule has 2 aromatic rings. The van der Waals surface area contributed by atoms with E-state index in [2.05, 4.69) is 15.3 Å². The summed E-state index contributed by atoms with van der Waals surface area (Å²) in [6.07, 6.45) is -0.667. The summed E-state index contributed by atoms with van der Waals surface area (Å²) in [5.74, 6) is -0.0983. The normalized spacial score (nSPS) is 11.4. The standard InChI is InChI=1S/C14H17N3O3/c1-8-5-6-9-10(15-8)7-11(18)12(16-9)17-13(19)20-14(2,3)4/h5-7,18H,1-4H3,(H,16,17,19). The lowest BCUT2D eigenvalue weighted by Crippen LogP contribution is -2.27. The molecule has 0 saturated carbocycles. The third-order valence-electron chi connectivity index (χ3n) is 2.41. The molecule has 0 saturated heterocycles. The maximum atomic E-state index is 11.7. The van der Waals surface area contributed by atoms with E-state index in [0.717, 1.165) is 5.69 Å². The molecule has 6 nitrogen and oxygen atoms in total. The number of nitrogens with one attached hydrogen (secondary N) is 1. The van der Waals surface area contributed by atoms with Crippen molar-refractivity contribution in [2.24, 2.45) is 0 Å². The number of pyridine rings is 2. The molecule has 0 aromatic carbocycles. The molecule has 2 rings (SSSR count). The number of anilines is 1. The third kappa shape index (κ3) is 3.34. The van der Waals surface area contributed by atoms with Gasteiger partial charge < -0.3 is 9.84 Å². The van der Waals surface area contributed by atoms with Gasteiger partial charge in [0.15, 0.2) is 11.6 Å². The first kappa shape index (κ1) is 14.0. The smallest absolute Gasteiger partial charge is 0.413 e. The number of aromatic hydroxyl groups is 1. The SMILES string of the molecule is Cc1ccc2nc(NC(=O)OC(C)(C)C)c(O)cc2n1. The fourth-order valence-corrected chi connectivity index (χ4v) is 1.64. The summed E-state index contributed by atoms with van der Waals surface area (Å²) >= 11 is 0. The number of carbonyl (C=O) groups excluding carboxylic acids is 1. The van der Waals surface area contributed by atoms with Crippen LogP contribution < -0.4 is 5.32 Å². The van der Waals surface area contributed by atoms with Crippen LogP contribution in [-0.4, -0.2) is 26.8 Å². The number of ether oxygens (including phenoxy) is 1. The van der Waals surface area contributed by atoms with Gasteiger partial charge in [-0.2, -0.15) is 0 Å². The summed E-state index contributed by atoms with van der Waals surface area (Å²) in [6.45, 7) is 7.12. The number of hydrogen-bond donors (Lipinski definition) is 2. The van der Waals surface area contributed by atoms with E-state index in [4.69, 9.17) is 4.74 Å². The number of carbonyl (C=O) groups is 1. The van der Waals surface area contributed by atoms with Crippen molar-refractivity contribution in [1.82, 2.24) is 9.97 Å². The molecule has 2 N–H and O–H groups in total. The molecule has 0 aliphatic carbocycles. The molecule has 2 heterocycles. The van der Waals surface area contributed by atoms with Crippen LogP contribution in [0, 0.1) is 6.92 Å². The molecule has 0 radical (unpaired) electrons. The van der Waals surface area contributed by atoms with Crippen molar-refractivity contribution in [2.75, 3.05) is 5.32 Å². The highest BCUT2D eigenvalue weighted by molar-refractivity contribution is 5.88. The molecule has 0 bridgehead atoms. The fraction of sp³-hybridized carbons (Fsp3) is 0.357. The number of fused-ring (bicyclic) bond motifs is 1. The Hall–Kier alpha value is -2.37. The van der Waals surface area contributed by atoms with E-state index in [1.165, 1.54) is 6.07 Å². The first-order valence-corrected chi connectivity index (χ1v) is 6.22. The minimum absolute atomic E-state index is 0.0532. The molecule has 0 atom stereocenters. The second-order valence-electron chi connectivity index (χ2n) is 5.47. The van der Waals surface area contributed by atoms with Crippen LogP contribution in [0.5, 0.6) is 5.75 Å². The number of rotatable bonds is 1. The average molecular weight is 275 g/mol. The van der Waals surface area contributed by atoms with Crippen molar-refractivity contribution < 1.29 is 14.6 Å². The predicted molar refractivity (Wildman–Crippen MR) is 75.8 cm³/mol. The van der Waals surface area contributed by atoms with Crippen LogP contribution in [0.1, 0.15) is 26.5 Å². The first-order chi connectivity index (χ1) is 9.24. The van der Waals surface area contributed by atoms with Crippen molar-refractivity contribution in [1.29, 1.82) is 0 Å². The van der Waals surface area contributed by atoms with E-state index < -0.39 is 11.7 Å². The van der Waals surface area contributed by atoms with Crippen molar-refractivity contribution in [3.05, 3.63) is 23.9 Å². The van der Waals surface area contributed by atoms with Gasteiger partial charge >= 0.3 is 6.09 Å². The van der Waals surface area contributed by atoms with E-state index >= 15 is 0 Å². The minimum Gasteiger partial charge on any atom is -0.504 e. The van der Waals surface area contributed by atoms with Crippen molar-refractivity contribution in [3.8, 4) is 5.75 Å². The molecule has 0 aliphatic heterocycles. The van der Waals surface area contributed by atoms with Crippen molar-refractivity contribution >= 4 is 22.9 Å². The number of aryl methyl sites for hydroxylation is 1. The van der Waals surface area contributed by atoms with Crippen LogP contribution in [0.25, 0.3) is 11.0 Å². The van der Waals surface area contributed by atoms with Gasteiger partial charge in [0, 0.05) is 11.8 Å². The lowest BCUT2D eigenvalue weighted by molar-refractivity contribution is 0.0634. The van der Waals surface area contributed by atoms with Gasteiger partial charge in [0.25, 0.3) is 0 Å². The van der Waals surface area contributed by atoms with Gasteiger partial charge in [0.05, 0.1) is 11.0 Å². The first-order valence-electron chi connectivity index (χ1n) is 6.22. The van der Waals surface area contributed by atoms with Crippen LogP contribution in [0.3, 0.4) is 0 Å². The molecule has 0 spiro atoms. The molecule has 20 heavy (non-hydrogen) atoms. The second-order valence-corrected chi connectivity index (χ2v) is 5.47. The largest absolute Gasteiger partial charge is 0.504 e. The van der Waals surface area contributed by atoms with Crippen molar-refractivity contribution in [2.45, 2.75) is 33.3 Å². The van der Waals surface area contributed by atoms with Gasteiger partial charge in [-0.3, -0.25) is 10.3 Å².